The van der Waals surface area contributed by atoms with Gasteiger partial charge in [0, 0.05) is 29.7 Å². The van der Waals surface area contributed by atoms with Crippen LogP contribution in [0.2, 0.25) is 0 Å². The molecule has 3 aromatic rings. The van der Waals surface area contributed by atoms with E-state index in [1.54, 1.807) is 6.92 Å². The molecule has 0 bridgehead atoms. The van der Waals surface area contributed by atoms with E-state index in [1.165, 1.54) is 28.9 Å². The van der Waals surface area contributed by atoms with E-state index in [0.29, 0.717) is 11.6 Å². The van der Waals surface area contributed by atoms with Gasteiger partial charge in [-0.1, -0.05) is 12.1 Å². The molecule has 9 heteroatoms. The predicted molar refractivity (Wildman–Crippen MR) is 140 cm³/mol. The lowest BCUT2D eigenvalue weighted by Gasteiger charge is -2.56. The van der Waals surface area contributed by atoms with Gasteiger partial charge in [0.25, 0.3) is 0 Å². The number of benzene rings is 2. The highest BCUT2D eigenvalue weighted by Gasteiger charge is 2.50. The number of hydrogen-bond donors (Lipinski definition) is 2. The van der Waals surface area contributed by atoms with Crippen molar-refractivity contribution in [3.63, 3.8) is 0 Å². The molecule has 6 rings (SSSR count). The van der Waals surface area contributed by atoms with Crippen LogP contribution in [0.25, 0.3) is 10.9 Å². The van der Waals surface area contributed by atoms with E-state index in [4.69, 9.17) is 9.72 Å². The number of alkyl halides is 2. The molecular weight excluding hydrogens is 493 g/mol. The number of halogens is 3. The van der Waals surface area contributed by atoms with Crippen LogP contribution in [0.15, 0.2) is 24.3 Å². The number of fused-ring (bicyclic) bond motifs is 3. The van der Waals surface area contributed by atoms with Crippen molar-refractivity contribution in [3.8, 4) is 0 Å². The van der Waals surface area contributed by atoms with E-state index in [9.17, 15) is 13.9 Å². The van der Waals surface area contributed by atoms with Crippen LogP contribution >= 0.6 is 0 Å². The Morgan fingerprint density at radius 3 is 2.50 bits per heavy atom. The van der Waals surface area contributed by atoms with Crippen LogP contribution in [0, 0.1) is 18.2 Å². The molecule has 0 saturated carbocycles. The topological polar surface area (TPSA) is 70.5 Å². The van der Waals surface area contributed by atoms with Crippen LogP contribution in [0.5, 0.6) is 0 Å². The number of nitrogens with zero attached hydrogens (tertiary/aromatic N) is 3. The van der Waals surface area contributed by atoms with Crippen molar-refractivity contribution in [1.29, 1.82) is 0 Å². The van der Waals surface area contributed by atoms with E-state index < -0.39 is 28.9 Å². The molecule has 1 unspecified atom stereocenters. The number of aryl methyl sites for hydroxylation is 2. The van der Waals surface area contributed by atoms with E-state index in [0.717, 1.165) is 76.4 Å². The Labute approximate surface area is 220 Å². The van der Waals surface area contributed by atoms with Gasteiger partial charge in [0.15, 0.2) is 0 Å². The molecule has 6 nitrogen and oxygen atoms in total. The average molecular weight is 527 g/mol. The average Bonchev–Trinajstić information content (AvgIpc) is 3.27. The van der Waals surface area contributed by atoms with E-state index in [-0.39, 0.29) is 11.0 Å². The molecule has 2 aliphatic heterocycles. The normalized spacial score (nSPS) is 19.3. The highest BCUT2D eigenvalue weighted by Crippen LogP contribution is 2.46. The van der Waals surface area contributed by atoms with Crippen LogP contribution in [-0.2, 0) is 23.5 Å². The Kier molecular flexibility index (Phi) is 5.71. The van der Waals surface area contributed by atoms with Gasteiger partial charge in [0.05, 0.1) is 35.8 Å². The zero-order chi connectivity index (χ0) is 27.0. The fraction of sp³-hybridized carbons (Fsp3) is 0.517. The van der Waals surface area contributed by atoms with Crippen LogP contribution in [-0.4, -0.2) is 47.0 Å². The minimum atomic E-state index is -3.76. The lowest BCUT2D eigenvalue weighted by molar-refractivity contribution is -0.170. The molecule has 38 heavy (non-hydrogen) atoms. The summed E-state index contributed by atoms with van der Waals surface area (Å²) in [6, 6.07) is 5.37. The summed E-state index contributed by atoms with van der Waals surface area (Å²) in [5.41, 5.74) is 1.78. The zero-order valence-corrected chi connectivity index (χ0v) is 22.2. The first-order valence-electron chi connectivity index (χ1n) is 13.2. The maximum Gasteiger partial charge on any atom is 0.303 e. The molecule has 2 fully saturated rings. The summed E-state index contributed by atoms with van der Waals surface area (Å²) in [6.07, 6.45) is 3.02. The molecule has 0 radical (unpaired) electrons. The molecule has 1 spiro atoms. The van der Waals surface area contributed by atoms with Crippen LogP contribution in [0.3, 0.4) is 0 Å². The molecule has 1 aromatic heterocycles. The number of anilines is 2. The SMILES string of the molecule is Cc1nc(NC(C)c2cccc(C(F)(F)C(C)(C)O)c2F)c2cc(N3CC4(COC4)C3)c3c(c2n1)CCC3. The highest BCUT2D eigenvalue weighted by molar-refractivity contribution is 5.96. The van der Waals surface area contributed by atoms with Crippen LogP contribution < -0.4 is 10.2 Å². The molecule has 1 aliphatic carbocycles. The number of ether oxygens (including phenoxy) is 1. The van der Waals surface area contributed by atoms with Crippen molar-refractivity contribution in [3.05, 3.63) is 58.2 Å². The fourth-order valence-electron chi connectivity index (χ4n) is 6.10. The Balaban J connectivity index is 1.39. The Bertz CT molecular complexity index is 1420. The largest absolute Gasteiger partial charge is 0.384 e. The molecule has 3 heterocycles. The van der Waals surface area contributed by atoms with Crippen molar-refractivity contribution in [2.24, 2.45) is 5.41 Å². The maximum absolute atomic E-state index is 15.5. The molecule has 2 N–H and O–H groups in total. The van der Waals surface area contributed by atoms with Crippen molar-refractivity contribution in [2.45, 2.75) is 64.5 Å². The van der Waals surface area contributed by atoms with Gasteiger partial charge in [-0.15, -0.1) is 0 Å². The first-order valence-corrected chi connectivity index (χ1v) is 13.2. The van der Waals surface area contributed by atoms with Gasteiger partial charge in [-0.25, -0.2) is 14.4 Å². The molecule has 1 atom stereocenters. The van der Waals surface area contributed by atoms with Crippen molar-refractivity contribution in [2.75, 3.05) is 36.5 Å². The van der Waals surface area contributed by atoms with Gasteiger partial charge in [-0.05, 0) is 70.2 Å². The van der Waals surface area contributed by atoms with Gasteiger partial charge in [-0.2, -0.15) is 8.78 Å². The molecule has 202 valence electrons. The predicted octanol–water partition coefficient (Wildman–Crippen LogP) is 5.44. The quantitative estimate of drug-likeness (QED) is 0.446. The molecule has 0 amide bonds. The summed E-state index contributed by atoms with van der Waals surface area (Å²) in [6.45, 7) is 9.04. The summed E-state index contributed by atoms with van der Waals surface area (Å²) in [7, 11) is 0. The maximum atomic E-state index is 15.5. The highest BCUT2D eigenvalue weighted by atomic mass is 19.3. The number of aliphatic hydroxyl groups is 1. The second-order valence-corrected chi connectivity index (χ2v) is 11.8. The van der Waals surface area contributed by atoms with E-state index in [1.807, 2.05) is 6.92 Å². The third kappa shape index (κ3) is 3.85. The van der Waals surface area contributed by atoms with Gasteiger partial charge < -0.3 is 20.1 Å². The van der Waals surface area contributed by atoms with Crippen LogP contribution in [0.1, 0.15) is 61.3 Å². The molecule has 2 aromatic carbocycles. The van der Waals surface area contributed by atoms with Gasteiger partial charge >= 0.3 is 5.92 Å². The first-order chi connectivity index (χ1) is 17.9. The van der Waals surface area contributed by atoms with E-state index in [2.05, 4.69) is 21.3 Å². The third-order valence-corrected chi connectivity index (χ3v) is 8.32. The minimum absolute atomic E-state index is 0.0758. The Morgan fingerprint density at radius 1 is 1.13 bits per heavy atom. The van der Waals surface area contributed by atoms with Gasteiger partial charge in [0.1, 0.15) is 23.1 Å². The van der Waals surface area contributed by atoms with Crippen molar-refractivity contribution < 1.29 is 23.0 Å². The first kappa shape index (κ1) is 25.4. The smallest absolute Gasteiger partial charge is 0.303 e. The summed E-state index contributed by atoms with van der Waals surface area (Å²) in [4.78, 5) is 11.9. The number of hydrogen-bond acceptors (Lipinski definition) is 6. The van der Waals surface area contributed by atoms with Gasteiger partial charge in [-0.3, -0.25) is 0 Å². The zero-order valence-electron chi connectivity index (χ0n) is 22.2. The lowest BCUT2D eigenvalue weighted by Crippen LogP contribution is -2.66. The van der Waals surface area contributed by atoms with E-state index >= 15 is 4.39 Å². The number of nitrogens with one attached hydrogen (secondary N) is 1. The third-order valence-electron chi connectivity index (χ3n) is 8.32. The standard InChI is InChI=1S/C29H33F3N4O2/c1-16(18-7-6-10-22(24(18)30)29(31,32)27(3,4)37)33-26-21-11-23(36-12-28(13-36)14-38-15-28)19-8-5-9-20(19)25(21)34-17(2)35-26/h6-7,10-11,16,37H,5,8-9,12-15H2,1-4H3,(H,33,34,35). The Morgan fingerprint density at radius 2 is 1.84 bits per heavy atom. The van der Waals surface area contributed by atoms with Gasteiger partial charge in [0.2, 0.25) is 0 Å². The lowest BCUT2D eigenvalue weighted by atomic mass is 9.77. The molecule has 3 aliphatic rings. The Hall–Kier alpha value is -2.91. The van der Waals surface area contributed by atoms with Crippen molar-refractivity contribution in [1.82, 2.24) is 9.97 Å². The minimum Gasteiger partial charge on any atom is -0.384 e. The number of rotatable bonds is 6. The fourth-order valence-corrected chi connectivity index (χ4v) is 6.10. The summed E-state index contributed by atoms with van der Waals surface area (Å²) >= 11 is 0. The summed E-state index contributed by atoms with van der Waals surface area (Å²) < 4.78 is 50.7. The molecular formula is C29H33F3N4O2. The molecule has 2 saturated heterocycles. The second-order valence-electron chi connectivity index (χ2n) is 11.8. The van der Waals surface area contributed by atoms with Crippen molar-refractivity contribution >= 4 is 22.4 Å². The van der Waals surface area contributed by atoms with Crippen LogP contribution in [0.4, 0.5) is 24.7 Å². The summed E-state index contributed by atoms with van der Waals surface area (Å²) in [5, 5.41) is 14.1. The number of aromatic nitrogens is 2. The second kappa shape index (κ2) is 8.55. The monoisotopic (exact) mass is 526 g/mol. The summed E-state index contributed by atoms with van der Waals surface area (Å²) in [5.74, 6) is -3.66.